The zero-order valence-electron chi connectivity index (χ0n) is 24.5. The van der Waals surface area contributed by atoms with E-state index in [2.05, 4.69) is 32.8 Å². The van der Waals surface area contributed by atoms with E-state index in [9.17, 15) is 9.59 Å². The number of nitrogens with two attached hydrogens (primary N) is 1. The maximum Gasteiger partial charge on any atom is 0.410 e. The van der Waals surface area contributed by atoms with Crippen LogP contribution in [0.4, 0.5) is 10.6 Å². The molecule has 1 saturated heterocycles. The number of nitrogens with one attached hydrogen (secondary N) is 1. The second kappa shape index (κ2) is 13.3. The number of imidazole rings is 1. The number of unbranched alkanes of at least 4 members (excludes halogenated alkanes) is 2. The van der Waals surface area contributed by atoms with Crippen LogP contribution in [-0.2, 0) is 22.5 Å². The molecule has 4 rings (SSSR count). The van der Waals surface area contributed by atoms with Gasteiger partial charge in [-0.1, -0.05) is 31.5 Å². The summed E-state index contributed by atoms with van der Waals surface area (Å²) < 4.78 is 7.77. The fraction of sp³-hybridized carbons (Fsp3) is 0.600. The number of carbonyl (C=O) groups is 2. The highest BCUT2D eigenvalue weighted by Crippen LogP contribution is 2.29. The highest BCUT2D eigenvalue weighted by molar-refractivity contribution is 6.06. The number of hydrogen-bond acceptors (Lipinski definition) is 7. The summed E-state index contributed by atoms with van der Waals surface area (Å²) >= 11 is 0. The number of hydrogen-bond donors (Lipinski definition) is 2. The number of nitrogens with zero attached hydrogens (tertiary/aromatic N) is 5. The molecule has 1 aromatic carbocycles. The molecule has 0 unspecified atom stereocenters. The first kappa shape index (κ1) is 29.6. The Kier molecular flexibility index (Phi) is 9.84. The van der Waals surface area contributed by atoms with Crippen LogP contribution in [0.3, 0.4) is 0 Å². The van der Waals surface area contributed by atoms with Crippen molar-refractivity contribution in [3.63, 3.8) is 0 Å². The molecule has 3 aromatic rings. The van der Waals surface area contributed by atoms with Crippen molar-refractivity contribution in [2.24, 2.45) is 0 Å². The Bertz CT molecular complexity index is 1310. The standard InChI is InChI=1S/C30H45N7O3/c1-5-6-13-24-34-26-27(22-11-7-8-12-23(22)33-28(26)31)37(24)16-10-9-15-32-25(38)14-17-35-18-20-36(21-19-35)29(39)40-30(2,3)4/h7-8,11-12H,5-6,9-10,13-21H2,1-4H3,(H2,31,33)(H,32,38). The average Bonchev–Trinajstić information content (AvgIpc) is 3.29. The number of anilines is 1. The molecule has 0 radical (unpaired) electrons. The number of benzene rings is 1. The Morgan fingerprint density at radius 1 is 1.02 bits per heavy atom. The molecule has 40 heavy (non-hydrogen) atoms. The lowest BCUT2D eigenvalue weighted by Gasteiger charge is -2.35. The largest absolute Gasteiger partial charge is 0.444 e. The quantitative estimate of drug-likeness (QED) is 0.340. The molecule has 3 N–H and O–H groups in total. The van der Waals surface area contributed by atoms with Gasteiger partial charge >= 0.3 is 6.09 Å². The fourth-order valence-corrected chi connectivity index (χ4v) is 5.12. The van der Waals surface area contributed by atoms with Crippen molar-refractivity contribution >= 4 is 39.8 Å². The normalized spacial score (nSPS) is 14.7. The minimum Gasteiger partial charge on any atom is -0.444 e. The summed E-state index contributed by atoms with van der Waals surface area (Å²) in [7, 11) is 0. The van der Waals surface area contributed by atoms with Crippen LogP contribution in [0.15, 0.2) is 24.3 Å². The summed E-state index contributed by atoms with van der Waals surface area (Å²) in [5.41, 5.74) is 8.54. The Hall–Kier alpha value is -3.40. The summed E-state index contributed by atoms with van der Waals surface area (Å²) in [5.74, 6) is 1.59. The molecule has 218 valence electrons. The second-order valence-corrected chi connectivity index (χ2v) is 11.6. The zero-order chi connectivity index (χ0) is 28.7. The molecule has 0 atom stereocenters. The number of pyridine rings is 1. The summed E-state index contributed by atoms with van der Waals surface area (Å²) in [6.07, 6.45) is 5.07. The maximum absolute atomic E-state index is 12.5. The van der Waals surface area contributed by atoms with Crippen LogP contribution in [0.25, 0.3) is 21.9 Å². The molecule has 1 fully saturated rings. The fourth-order valence-electron chi connectivity index (χ4n) is 5.12. The SMILES string of the molecule is CCCCc1nc2c(N)nc3ccccc3c2n1CCCCNC(=O)CCN1CCN(C(=O)OC(C)(C)C)CC1. The number of piperazine rings is 1. The van der Waals surface area contributed by atoms with Gasteiger partial charge in [0.15, 0.2) is 5.82 Å². The van der Waals surface area contributed by atoms with Gasteiger partial charge in [-0.05, 0) is 46.1 Å². The molecule has 10 heteroatoms. The molecule has 0 saturated carbocycles. The predicted octanol–water partition coefficient (Wildman–Crippen LogP) is 4.35. The van der Waals surface area contributed by atoms with Gasteiger partial charge in [-0.3, -0.25) is 9.69 Å². The molecule has 0 aliphatic carbocycles. The van der Waals surface area contributed by atoms with E-state index in [1.54, 1.807) is 4.90 Å². The molecule has 0 bridgehead atoms. The molecule has 1 aliphatic rings. The zero-order valence-corrected chi connectivity index (χ0v) is 24.5. The maximum atomic E-state index is 12.5. The second-order valence-electron chi connectivity index (χ2n) is 11.6. The van der Waals surface area contributed by atoms with Gasteiger partial charge in [0.1, 0.15) is 16.9 Å². The molecule has 2 amide bonds. The van der Waals surface area contributed by atoms with Crippen LogP contribution in [0.5, 0.6) is 0 Å². The van der Waals surface area contributed by atoms with E-state index in [4.69, 9.17) is 15.5 Å². The van der Waals surface area contributed by atoms with E-state index in [0.29, 0.717) is 38.4 Å². The molecular weight excluding hydrogens is 506 g/mol. The van der Waals surface area contributed by atoms with Crippen LogP contribution in [0, 0.1) is 0 Å². The van der Waals surface area contributed by atoms with Gasteiger partial charge in [0.05, 0.1) is 11.0 Å². The number of aryl methyl sites for hydroxylation is 2. The van der Waals surface area contributed by atoms with Gasteiger partial charge < -0.3 is 25.3 Å². The third-order valence-electron chi connectivity index (χ3n) is 7.25. The Labute approximate surface area is 237 Å². The van der Waals surface area contributed by atoms with Crippen LogP contribution < -0.4 is 11.1 Å². The number of amides is 2. The third-order valence-corrected chi connectivity index (χ3v) is 7.25. The van der Waals surface area contributed by atoms with E-state index < -0.39 is 5.60 Å². The minimum absolute atomic E-state index is 0.0659. The van der Waals surface area contributed by atoms with E-state index in [1.165, 1.54) is 0 Å². The smallest absolute Gasteiger partial charge is 0.410 e. The molecule has 3 heterocycles. The van der Waals surface area contributed by atoms with Gasteiger partial charge in [-0.2, -0.15) is 0 Å². The first-order valence-electron chi connectivity index (χ1n) is 14.7. The monoisotopic (exact) mass is 551 g/mol. The Balaban J connectivity index is 1.23. The lowest BCUT2D eigenvalue weighted by molar-refractivity contribution is -0.121. The van der Waals surface area contributed by atoms with E-state index in [1.807, 2.05) is 39.0 Å². The number of rotatable bonds is 11. The van der Waals surface area contributed by atoms with Gasteiger partial charge in [0.25, 0.3) is 0 Å². The first-order valence-corrected chi connectivity index (χ1v) is 14.7. The summed E-state index contributed by atoms with van der Waals surface area (Å²) in [4.78, 5) is 38.2. The van der Waals surface area contributed by atoms with Crippen LogP contribution in [-0.4, -0.2) is 81.2 Å². The average molecular weight is 552 g/mol. The topological polar surface area (TPSA) is 119 Å². The lowest BCUT2D eigenvalue weighted by Crippen LogP contribution is -2.50. The van der Waals surface area contributed by atoms with Crippen molar-refractivity contribution in [1.82, 2.24) is 29.7 Å². The Morgan fingerprint density at radius 3 is 2.50 bits per heavy atom. The Morgan fingerprint density at radius 2 is 1.77 bits per heavy atom. The van der Waals surface area contributed by atoms with E-state index in [0.717, 1.165) is 79.5 Å². The van der Waals surface area contributed by atoms with Crippen LogP contribution in [0.2, 0.25) is 0 Å². The van der Waals surface area contributed by atoms with Crippen molar-refractivity contribution < 1.29 is 14.3 Å². The summed E-state index contributed by atoms with van der Waals surface area (Å²) in [6.45, 7) is 12.7. The van der Waals surface area contributed by atoms with E-state index >= 15 is 0 Å². The number of fused-ring (bicyclic) bond motifs is 3. The van der Waals surface area contributed by atoms with Gasteiger partial charge in [-0.25, -0.2) is 14.8 Å². The highest BCUT2D eigenvalue weighted by atomic mass is 16.6. The van der Waals surface area contributed by atoms with Crippen molar-refractivity contribution in [1.29, 1.82) is 0 Å². The predicted molar refractivity (Wildman–Crippen MR) is 159 cm³/mol. The number of carbonyl (C=O) groups excluding carboxylic acids is 2. The van der Waals surface area contributed by atoms with Gasteiger partial charge in [-0.15, -0.1) is 0 Å². The minimum atomic E-state index is -0.490. The number of para-hydroxylation sites is 1. The number of aromatic nitrogens is 3. The summed E-state index contributed by atoms with van der Waals surface area (Å²) in [6, 6.07) is 8.08. The number of ether oxygens (including phenoxy) is 1. The van der Waals surface area contributed by atoms with E-state index in [-0.39, 0.29) is 12.0 Å². The van der Waals surface area contributed by atoms with Crippen molar-refractivity contribution in [3.05, 3.63) is 30.1 Å². The highest BCUT2D eigenvalue weighted by Gasteiger charge is 2.26. The van der Waals surface area contributed by atoms with Crippen LogP contribution >= 0.6 is 0 Å². The molecular formula is C30H45N7O3. The molecule has 1 aliphatic heterocycles. The van der Waals surface area contributed by atoms with Crippen LogP contribution in [0.1, 0.15) is 65.6 Å². The molecule has 2 aromatic heterocycles. The first-order chi connectivity index (χ1) is 19.2. The summed E-state index contributed by atoms with van der Waals surface area (Å²) in [5, 5.41) is 4.15. The molecule has 10 nitrogen and oxygen atoms in total. The van der Waals surface area contributed by atoms with Crippen molar-refractivity contribution in [2.75, 3.05) is 45.0 Å². The molecule has 0 spiro atoms. The number of nitrogen functional groups attached to an aromatic ring is 1. The lowest BCUT2D eigenvalue weighted by atomic mass is 10.2. The van der Waals surface area contributed by atoms with Gasteiger partial charge in [0.2, 0.25) is 5.91 Å². The third kappa shape index (κ3) is 7.62. The van der Waals surface area contributed by atoms with Crippen molar-refractivity contribution in [3.8, 4) is 0 Å². The van der Waals surface area contributed by atoms with Gasteiger partial charge in [0, 0.05) is 64.0 Å². The van der Waals surface area contributed by atoms with Crippen molar-refractivity contribution in [2.45, 2.75) is 78.4 Å².